The Hall–Kier alpha value is -2.53. The van der Waals surface area contributed by atoms with Gasteiger partial charge in [-0.2, -0.15) is 0 Å². The highest BCUT2D eigenvalue weighted by molar-refractivity contribution is 5.88. The monoisotopic (exact) mass is 417 g/mol. The second-order valence-electron chi connectivity index (χ2n) is 9.38. The van der Waals surface area contributed by atoms with E-state index in [2.05, 4.69) is 34.0 Å². The fourth-order valence-electron chi connectivity index (χ4n) is 5.15. The van der Waals surface area contributed by atoms with Gasteiger partial charge in [-0.15, -0.1) is 0 Å². The maximum atomic E-state index is 13.0. The normalized spacial score (nSPS) is 22.0. The van der Waals surface area contributed by atoms with Gasteiger partial charge in [-0.05, 0) is 63.1 Å². The Balaban J connectivity index is 1.24. The maximum Gasteiger partial charge on any atom is 0.191 e. The first-order valence-electron chi connectivity index (χ1n) is 11.6. The predicted molar refractivity (Wildman–Crippen MR) is 122 cm³/mol. The van der Waals surface area contributed by atoms with Gasteiger partial charge in [0, 0.05) is 54.2 Å². The lowest BCUT2D eigenvalue weighted by Gasteiger charge is -2.42. The third kappa shape index (κ3) is 4.29. The van der Waals surface area contributed by atoms with Gasteiger partial charge in [-0.25, -0.2) is 4.98 Å². The van der Waals surface area contributed by atoms with E-state index in [1.807, 2.05) is 25.3 Å². The zero-order chi connectivity index (χ0) is 21.4. The smallest absolute Gasteiger partial charge is 0.191 e. The molecule has 0 aliphatic heterocycles. The summed E-state index contributed by atoms with van der Waals surface area (Å²) < 4.78 is 5.66. The van der Waals surface area contributed by atoms with E-state index in [4.69, 9.17) is 4.42 Å². The third-order valence-electron chi connectivity index (χ3n) is 7.42. The summed E-state index contributed by atoms with van der Waals surface area (Å²) in [4.78, 5) is 24.3. The van der Waals surface area contributed by atoms with Crippen LogP contribution in [-0.2, 0) is 11.2 Å². The first-order chi connectivity index (χ1) is 15.1. The number of aryl methyl sites for hydroxylation is 1. The fraction of sp³-hybridized carbons (Fsp3) is 0.500. The summed E-state index contributed by atoms with van der Waals surface area (Å²) in [7, 11) is 2.28. The molecule has 0 N–H and O–H groups in total. The Morgan fingerprint density at radius 3 is 2.45 bits per heavy atom. The molecule has 0 unspecified atom stereocenters. The van der Waals surface area contributed by atoms with Crippen molar-refractivity contribution < 1.29 is 9.21 Å². The molecule has 2 heterocycles. The number of pyridine rings is 1. The van der Waals surface area contributed by atoms with E-state index < -0.39 is 0 Å². The Morgan fingerprint density at radius 2 is 1.77 bits per heavy atom. The quantitative estimate of drug-likeness (QED) is 0.541. The van der Waals surface area contributed by atoms with Crippen molar-refractivity contribution >= 4 is 16.6 Å². The van der Waals surface area contributed by atoms with E-state index in [1.165, 1.54) is 19.3 Å². The van der Waals surface area contributed by atoms with E-state index in [1.54, 1.807) is 6.20 Å². The van der Waals surface area contributed by atoms with Gasteiger partial charge < -0.3 is 9.32 Å². The van der Waals surface area contributed by atoms with Crippen LogP contribution in [0, 0.1) is 12.8 Å². The Kier molecular flexibility index (Phi) is 5.61. The maximum absolute atomic E-state index is 13.0. The number of benzene rings is 1. The van der Waals surface area contributed by atoms with Crippen LogP contribution >= 0.6 is 0 Å². The minimum Gasteiger partial charge on any atom is -0.441 e. The molecule has 0 atom stereocenters. The Bertz CT molecular complexity index is 1080. The number of carbonyl (C=O) groups is 1. The molecule has 162 valence electrons. The SMILES string of the molecule is Cc1ncc(-c2ccc3cnc(CC(=O)C4CCC(N(C)C5CCC5)CC4)cc3c2)o1. The van der Waals surface area contributed by atoms with Crippen LogP contribution in [-0.4, -0.2) is 39.8 Å². The molecule has 0 bridgehead atoms. The molecule has 31 heavy (non-hydrogen) atoms. The van der Waals surface area contributed by atoms with Crippen LogP contribution in [0.2, 0.25) is 0 Å². The summed E-state index contributed by atoms with van der Waals surface area (Å²) in [5, 5.41) is 2.14. The highest BCUT2D eigenvalue weighted by Crippen LogP contribution is 2.33. The number of rotatable bonds is 6. The van der Waals surface area contributed by atoms with Gasteiger partial charge >= 0.3 is 0 Å². The molecule has 0 saturated heterocycles. The van der Waals surface area contributed by atoms with Gasteiger partial charge in [0.1, 0.15) is 5.78 Å². The number of carbonyl (C=O) groups excluding carboxylic acids is 1. The van der Waals surface area contributed by atoms with Gasteiger partial charge in [-0.1, -0.05) is 18.6 Å². The van der Waals surface area contributed by atoms with Gasteiger partial charge in [0.25, 0.3) is 0 Å². The van der Waals surface area contributed by atoms with Crippen molar-refractivity contribution in [2.75, 3.05) is 7.05 Å². The molecule has 0 amide bonds. The number of ketones is 1. The largest absolute Gasteiger partial charge is 0.441 e. The fourth-order valence-corrected chi connectivity index (χ4v) is 5.15. The van der Waals surface area contributed by atoms with Gasteiger partial charge in [0.15, 0.2) is 11.7 Å². The number of nitrogens with zero attached hydrogens (tertiary/aromatic N) is 3. The number of hydrogen-bond donors (Lipinski definition) is 0. The molecule has 5 nitrogen and oxygen atoms in total. The van der Waals surface area contributed by atoms with Crippen LogP contribution in [0.5, 0.6) is 0 Å². The average molecular weight is 418 g/mol. The molecule has 3 aromatic rings. The minimum atomic E-state index is 0.187. The standard InChI is InChI=1S/C26H31N3O2/c1-17-27-16-26(31-17)19-6-7-20-15-28-22(13-21(20)12-19)14-25(30)18-8-10-24(11-9-18)29(2)23-4-3-5-23/h6-7,12-13,15-16,18,23-24H,3-5,8-11,14H2,1-2H3. The van der Waals surface area contributed by atoms with Gasteiger partial charge in [-0.3, -0.25) is 9.78 Å². The highest BCUT2D eigenvalue weighted by Gasteiger charge is 2.32. The first-order valence-corrected chi connectivity index (χ1v) is 11.6. The zero-order valence-corrected chi connectivity index (χ0v) is 18.5. The van der Waals surface area contributed by atoms with Crippen molar-refractivity contribution in [3.63, 3.8) is 0 Å². The molecule has 0 spiro atoms. The van der Waals surface area contributed by atoms with Crippen LogP contribution < -0.4 is 0 Å². The molecule has 2 saturated carbocycles. The van der Waals surface area contributed by atoms with Gasteiger partial charge in [0.05, 0.1) is 6.20 Å². The summed E-state index contributed by atoms with van der Waals surface area (Å²) in [5.41, 5.74) is 1.85. The first kappa shape index (κ1) is 20.4. The van der Waals surface area contributed by atoms with E-state index in [0.29, 0.717) is 24.1 Å². The predicted octanol–water partition coefficient (Wildman–Crippen LogP) is 5.35. The Labute approximate surface area is 183 Å². The van der Waals surface area contributed by atoms with Crippen LogP contribution in [0.3, 0.4) is 0 Å². The molecule has 5 heteroatoms. The van der Waals surface area contributed by atoms with E-state index >= 15 is 0 Å². The summed E-state index contributed by atoms with van der Waals surface area (Å²) in [5.74, 6) is 1.95. The van der Waals surface area contributed by atoms with Crippen molar-refractivity contribution in [1.82, 2.24) is 14.9 Å². The number of hydrogen-bond acceptors (Lipinski definition) is 5. The molecule has 2 aliphatic carbocycles. The number of aromatic nitrogens is 2. The molecule has 2 fully saturated rings. The number of oxazole rings is 1. The number of fused-ring (bicyclic) bond motifs is 1. The topological polar surface area (TPSA) is 59.2 Å². The van der Waals surface area contributed by atoms with Crippen molar-refractivity contribution in [1.29, 1.82) is 0 Å². The highest BCUT2D eigenvalue weighted by atomic mass is 16.4. The summed E-state index contributed by atoms with van der Waals surface area (Å²) in [6.07, 6.45) is 12.5. The average Bonchev–Trinajstić information content (AvgIpc) is 3.18. The molecular weight excluding hydrogens is 386 g/mol. The van der Waals surface area contributed by atoms with E-state index in [9.17, 15) is 4.79 Å². The molecule has 2 aliphatic rings. The summed E-state index contributed by atoms with van der Waals surface area (Å²) in [6.45, 7) is 1.84. The van der Waals surface area contributed by atoms with Crippen molar-refractivity contribution in [3.8, 4) is 11.3 Å². The van der Waals surface area contributed by atoms with Crippen molar-refractivity contribution in [2.24, 2.45) is 5.92 Å². The van der Waals surface area contributed by atoms with Crippen LogP contribution in [0.15, 0.2) is 41.1 Å². The second-order valence-corrected chi connectivity index (χ2v) is 9.38. The lowest BCUT2D eigenvalue weighted by atomic mass is 9.80. The second kappa shape index (κ2) is 8.54. The lowest BCUT2D eigenvalue weighted by Crippen LogP contribution is -2.45. The molecule has 0 radical (unpaired) electrons. The molecular formula is C26H31N3O2. The van der Waals surface area contributed by atoms with Crippen LogP contribution in [0.1, 0.15) is 56.5 Å². The van der Waals surface area contributed by atoms with Crippen LogP contribution in [0.4, 0.5) is 0 Å². The van der Waals surface area contributed by atoms with Crippen molar-refractivity contribution in [3.05, 3.63) is 48.2 Å². The minimum absolute atomic E-state index is 0.187. The zero-order valence-electron chi connectivity index (χ0n) is 18.5. The van der Waals surface area contributed by atoms with E-state index in [-0.39, 0.29) is 5.92 Å². The number of Topliss-reactive ketones (excluding diaryl/α,β-unsaturated/α-hetero) is 1. The summed E-state index contributed by atoms with van der Waals surface area (Å²) in [6, 6.07) is 9.65. The third-order valence-corrected chi connectivity index (χ3v) is 7.42. The van der Waals surface area contributed by atoms with Crippen molar-refractivity contribution in [2.45, 2.75) is 70.4 Å². The van der Waals surface area contributed by atoms with Crippen LogP contribution in [0.25, 0.3) is 22.1 Å². The molecule has 5 rings (SSSR count). The van der Waals surface area contributed by atoms with E-state index in [0.717, 1.165) is 59.5 Å². The molecule has 2 aromatic heterocycles. The lowest BCUT2D eigenvalue weighted by molar-refractivity contribution is -0.123. The van der Waals surface area contributed by atoms with Gasteiger partial charge in [0.2, 0.25) is 0 Å². The summed E-state index contributed by atoms with van der Waals surface area (Å²) >= 11 is 0. The Morgan fingerprint density at radius 1 is 1.00 bits per heavy atom. The molecule has 1 aromatic carbocycles.